The van der Waals surface area contributed by atoms with E-state index in [9.17, 15) is 0 Å². The van der Waals surface area contributed by atoms with Gasteiger partial charge in [0.05, 0.1) is 12.7 Å². The number of hydrogen-bond donors (Lipinski definition) is 0. The first-order chi connectivity index (χ1) is 11.8. The van der Waals surface area contributed by atoms with Gasteiger partial charge >= 0.3 is 0 Å². The molecule has 0 aromatic heterocycles. The van der Waals surface area contributed by atoms with Gasteiger partial charge in [0.25, 0.3) is 0 Å². The molecule has 3 nitrogen and oxygen atoms in total. The summed E-state index contributed by atoms with van der Waals surface area (Å²) < 4.78 is 17.1. The van der Waals surface area contributed by atoms with E-state index in [2.05, 4.69) is 20.8 Å². The Kier molecular flexibility index (Phi) is 13.8. The predicted octanol–water partition coefficient (Wildman–Crippen LogP) is 6.10. The lowest BCUT2D eigenvalue weighted by Gasteiger charge is -2.27. The normalized spacial score (nSPS) is 18.2. The highest BCUT2D eigenvalue weighted by Gasteiger charge is 2.24. The standard InChI is InChI=1S/C21H42O3/c1-4-7-8-9-10-11-12-15-19(21(22-5-2)23-6-3)16-13-14-17-20-18-24-20/h19-21H,4-18H2,1-3H3. The van der Waals surface area contributed by atoms with E-state index in [1.807, 2.05) is 0 Å². The Morgan fingerprint density at radius 2 is 1.33 bits per heavy atom. The molecule has 0 aromatic rings. The number of epoxide rings is 1. The first kappa shape index (κ1) is 21.9. The van der Waals surface area contributed by atoms with Crippen LogP contribution in [0.5, 0.6) is 0 Å². The Morgan fingerprint density at radius 1 is 0.792 bits per heavy atom. The van der Waals surface area contributed by atoms with Crippen LogP contribution >= 0.6 is 0 Å². The van der Waals surface area contributed by atoms with E-state index < -0.39 is 0 Å². The van der Waals surface area contributed by atoms with Crippen molar-refractivity contribution in [1.82, 2.24) is 0 Å². The SMILES string of the molecule is CCCCCCCCCC(CCCCC1CO1)C(OCC)OCC. The zero-order valence-electron chi connectivity index (χ0n) is 16.6. The smallest absolute Gasteiger partial charge is 0.160 e. The largest absolute Gasteiger partial charge is 0.373 e. The molecule has 1 heterocycles. The second-order valence-electron chi connectivity index (χ2n) is 7.19. The molecule has 1 aliphatic heterocycles. The second-order valence-corrected chi connectivity index (χ2v) is 7.19. The maximum Gasteiger partial charge on any atom is 0.160 e. The van der Waals surface area contributed by atoms with Gasteiger partial charge in [0.1, 0.15) is 0 Å². The molecule has 2 unspecified atom stereocenters. The van der Waals surface area contributed by atoms with Gasteiger partial charge in [-0.25, -0.2) is 0 Å². The molecule has 1 aliphatic rings. The monoisotopic (exact) mass is 342 g/mol. The van der Waals surface area contributed by atoms with Crippen LogP contribution in [0.4, 0.5) is 0 Å². The third-order valence-electron chi connectivity index (χ3n) is 4.98. The lowest BCUT2D eigenvalue weighted by Crippen LogP contribution is -2.27. The summed E-state index contributed by atoms with van der Waals surface area (Å²) in [5, 5.41) is 0. The van der Waals surface area contributed by atoms with Crippen molar-refractivity contribution in [2.75, 3.05) is 19.8 Å². The molecule has 1 saturated heterocycles. The van der Waals surface area contributed by atoms with E-state index >= 15 is 0 Å². The van der Waals surface area contributed by atoms with Crippen LogP contribution < -0.4 is 0 Å². The fraction of sp³-hybridized carbons (Fsp3) is 1.00. The fourth-order valence-electron chi connectivity index (χ4n) is 3.44. The Bertz CT molecular complexity index is 260. The van der Waals surface area contributed by atoms with E-state index in [4.69, 9.17) is 14.2 Å². The van der Waals surface area contributed by atoms with Gasteiger partial charge in [-0.1, -0.05) is 64.7 Å². The molecule has 0 N–H and O–H groups in total. The van der Waals surface area contributed by atoms with E-state index in [0.29, 0.717) is 12.0 Å². The maximum atomic E-state index is 5.90. The van der Waals surface area contributed by atoms with E-state index in [1.54, 1.807) is 0 Å². The van der Waals surface area contributed by atoms with Crippen LogP contribution in [0.3, 0.4) is 0 Å². The molecular weight excluding hydrogens is 300 g/mol. The lowest BCUT2D eigenvalue weighted by atomic mass is 9.93. The Balaban J connectivity index is 2.22. The molecule has 0 aliphatic carbocycles. The summed E-state index contributed by atoms with van der Waals surface area (Å²) >= 11 is 0. The Morgan fingerprint density at radius 3 is 1.88 bits per heavy atom. The number of unbranched alkanes of at least 4 members (excludes halogenated alkanes) is 7. The topological polar surface area (TPSA) is 31.0 Å². The quantitative estimate of drug-likeness (QED) is 0.171. The van der Waals surface area contributed by atoms with Crippen molar-refractivity contribution in [3.63, 3.8) is 0 Å². The molecule has 1 rings (SSSR count). The minimum absolute atomic E-state index is 0.00253. The average Bonchev–Trinajstić information content (AvgIpc) is 3.40. The van der Waals surface area contributed by atoms with Crippen LogP contribution in [0.15, 0.2) is 0 Å². The highest BCUT2D eigenvalue weighted by molar-refractivity contribution is 4.70. The molecule has 144 valence electrons. The van der Waals surface area contributed by atoms with Crippen molar-refractivity contribution in [3.8, 4) is 0 Å². The summed E-state index contributed by atoms with van der Waals surface area (Å²) in [4.78, 5) is 0. The van der Waals surface area contributed by atoms with E-state index in [0.717, 1.165) is 19.8 Å². The van der Waals surface area contributed by atoms with Crippen molar-refractivity contribution < 1.29 is 14.2 Å². The number of ether oxygens (including phenoxy) is 3. The second kappa shape index (κ2) is 15.2. The molecule has 24 heavy (non-hydrogen) atoms. The summed E-state index contributed by atoms with van der Waals surface area (Å²) in [6.45, 7) is 8.90. The van der Waals surface area contributed by atoms with Crippen molar-refractivity contribution in [3.05, 3.63) is 0 Å². The zero-order chi connectivity index (χ0) is 17.5. The Hall–Kier alpha value is -0.120. The first-order valence-electron chi connectivity index (χ1n) is 10.7. The first-order valence-corrected chi connectivity index (χ1v) is 10.7. The van der Waals surface area contributed by atoms with Crippen molar-refractivity contribution in [2.24, 2.45) is 5.92 Å². The third-order valence-corrected chi connectivity index (χ3v) is 4.98. The maximum absolute atomic E-state index is 5.90. The average molecular weight is 343 g/mol. The van der Waals surface area contributed by atoms with E-state index in [1.165, 1.54) is 77.0 Å². The lowest BCUT2D eigenvalue weighted by molar-refractivity contribution is -0.170. The van der Waals surface area contributed by atoms with Crippen LogP contribution in [0.1, 0.15) is 97.8 Å². The predicted molar refractivity (Wildman–Crippen MR) is 101 cm³/mol. The Labute approximate surface area is 150 Å². The fourth-order valence-corrected chi connectivity index (χ4v) is 3.44. The molecule has 3 heteroatoms. The molecule has 0 aromatic carbocycles. The van der Waals surface area contributed by atoms with Gasteiger partial charge in [0.2, 0.25) is 0 Å². The zero-order valence-corrected chi connectivity index (χ0v) is 16.6. The van der Waals surface area contributed by atoms with Gasteiger partial charge in [-0.3, -0.25) is 0 Å². The van der Waals surface area contributed by atoms with Gasteiger partial charge in [0.15, 0.2) is 6.29 Å². The van der Waals surface area contributed by atoms with Gasteiger partial charge in [0, 0.05) is 19.1 Å². The third kappa shape index (κ3) is 11.4. The molecule has 2 atom stereocenters. The highest BCUT2D eigenvalue weighted by atomic mass is 16.7. The van der Waals surface area contributed by atoms with Crippen LogP contribution in [-0.4, -0.2) is 32.2 Å². The number of rotatable bonds is 18. The summed E-state index contributed by atoms with van der Waals surface area (Å²) in [5.74, 6) is 0.556. The summed E-state index contributed by atoms with van der Waals surface area (Å²) in [7, 11) is 0. The molecule has 0 amide bonds. The van der Waals surface area contributed by atoms with Crippen LogP contribution in [-0.2, 0) is 14.2 Å². The summed E-state index contributed by atoms with van der Waals surface area (Å²) in [5.41, 5.74) is 0. The molecule has 0 saturated carbocycles. The van der Waals surface area contributed by atoms with Gasteiger partial charge in [-0.2, -0.15) is 0 Å². The molecule has 1 fully saturated rings. The van der Waals surface area contributed by atoms with Crippen LogP contribution in [0.2, 0.25) is 0 Å². The molecular formula is C21H42O3. The minimum atomic E-state index is -0.00253. The van der Waals surface area contributed by atoms with E-state index in [-0.39, 0.29) is 6.29 Å². The number of hydrogen-bond acceptors (Lipinski definition) is 3. The molecule has 0 bridgehead atoms. The van der Waals surface area contributed by atoms with Gasteiger partial charge in [-0.05, 0) is 33.1 Å². The van der Waals surface area contributed by atoms with Crippen molar-refractivity contribution in [2.45, 2.75) is 110 Å². The van der Waals surface area contributed by atoms with Crippen molar-refractivity contribution >= 4 is 0 Å². The minimum Gasteiger partial charge on any atom is -0.373 e. The molecule has 0 spiro atoms. The molecule has 0 radical (unpaired) electrons. The van der Waals surface area contributed by atoms with Crippen LogP contribution in [0.25, 0.3) is 0 Å². The van der Waals surface area contributed by atoms with Gasteiger partial charge in [-0.15, -0.1) is 0 Å². The van der Waals surface area contributed by atoms with Gasteiger partial charge < -0.3 is 14.2 Å². The highest BCUT2D eigenvalue weighted by Crippen LogP contribution is 2.26. The summed E-state index contributed by atoms with van der Waals surface area (Å²) in [6, 6.07) is 0. The summed E-state index contributed by atoms with van der Waals surface area (Å²) in [6.07, 6.45) is 16.4. The van der Waals surface area contributed by atoms with Crippen LogP contribution in [0, 0.1) is 5.92 Å². The van der Waals surface area contributed by atoms with Crippen molar-refractivity contribution in [1.29, 1.82) is 0 Å².